The number of hydrogen-bond acceptors (Lipinski definition) is 2. The molecule has 1 aliphatic heterocycles. The minimum absolute atomic E-state index is 0.00887. The first-order chi connectivity index (χ1) is 9.40. The number of rotatable bonds is 3. The van der Waals surface area contributed by atoms with Crippen molar-refractivity contribution in [1.29, 1.82) is 0 Å². The maximum Gasteiger partial charge on any atom is 0.397 e. The molecule has 0 unspecified atom stereocenters. The van der Waals surface area contributed by atoms with Crippen LogP contribution in [0, 0.1) is 5.92 Å². The van der Waals surface area contributed by atoms with Crippen LogP contribution in [-0.4, -0.2) is 36.6 Å². The van der Waals surface area contributed by atoms with Gasteiger partial charge in [-0.2, -0.15) is 13.2 Å². The normalized spacial score (nSPS) is 23.1. The molecule has 0 aromatic heterocycles. The molecule has 0 spiro atoms. The Hall–Kier alpha value is -1.56. The summed E-state index contributed by atoms with van der Waals surface area (Å²) >= 11 is 0. The highest BCUT2D eigenvalue weighted by Crippen LogP contribution is 2.33. The third kappa shape index (κ3) is 3.50. The number of carbonyl (C=O) groups excluding carboxylic acids is 1. The quantitative estimate of drug-likeness (QED) is 0.925. The van der Waals surface area contributed by atoms with E-state index in [2.05, 4.69) is 0 Å². The third-order valence-electron chi connectivity index (χ3n) is 3.68. The average Bonchev–Trinajstić information content (AvgIpc) is 2.82. The smallest absolute Gasteiger partial charge is 0.341 e. The first kappa shape index (κ1) is 14.8. The van der Waals surface area contributed by atoms with Gasteiger partial charge >= 0.3 is 6.18 Å². The van der Waals surface area contributed by atoms with Gasteiger partial charge in [0, 0.05) is 19.0 Å². The predicted octanol–water partition coefficient (Wildman–Crippen LogP) is 2.14. The zero-order valence-electron chi connectivity index (χ0n) is 10.9. The molecule has 3 nitrogen and oxygen atoms in total. The summed E-state index contributed by atoms with van der Waals surface area (Å²) in [5.41, 5.74) is 6.71. The van der Waals surface area contributed by atoms with Crippen LogP contribution in [0.3, 0.4) is 0 Å². The first-order valence-corrected chi connectivity index (χ1v) is 6.50. The van der Waals surface area contributed by atoms with E-state index in [0.29, 0.717) is 19.6 Å². The molecule has 1 aromatic rings. The molecule has 110 valence electrons. The Bertz CT molecular complexity index is 461. The van der Waals surface area contributed by atoms with Gasteiger partial charge in [-0.25, -0.2) is 0 Å². The monoisotopic (exact) mass is 286 g/mol. The summed E-state index contributed by atoms with van der Waals surface area (Å²) in [6, 6.07) is 9.48. The lowest BCUT2D eigenvalue weighted by Crippen LogP contribution is -2.33. The number of likely N-dealkylation sites (tertiary alicyclic amines) is 1. The summed E-state index contributed by atoms with van der Waals surface area (Å²) in [7, 11) is 0. The molecule has 1 amide bonds. The Morgan fingerprint density at radius 3 is 2.45 bits per heavy atom. The minimum Gasteiger partial charge on any atom is -0.341 e. The molecule has 1 saturated heterocycles. The fourth-order valence-corrected chi connectivity index (χ4v) is 2.67. The van der Waals surface area contributed by atoms with Crippen molar-refractivity contribution in [3.8, 4) is 0 Å². The van der Waals surface area contributed by atoms with Crippen molar-refractivity contribution in [2.24, 2.45) is 11.7 Å². The molecule has 1 heterocycles. The van der Waals surface area contributed by atoms with Crippen LogP contribution in [0.5, 0.6) is 0 Å². The highest BCUT2D eigenvalue weighted by molar-refractivity contribution is 5.77. The summed E-state index contributed by atoms with van der Waals surface area (Å²) in [4.78, 5) is 12.9. The molecular weight excluding hydrogens is 269 g/mol. The second kappa shape index (κ2) is 5.83. The van der Waals surface area contributed by atoms with Crippen LogP contribution in [0.25, 0.3) is 0 Å². The van der Waals surface area contributed by atoms with Gasteiger partial charge < -0.3 is 10.6 Å². The van der Waals surface area contributed by atoms with Crippen LogP contribution in [-0.2, 0) is 4.79 Å². The van der Waals surface area contributed by atoms with Gasteiger partial charge in [0.15, 0.2) is 0 Å². The van der Waals surface area contributed by atoms with Gasteiger partial charge in [0.2, 0.25) is 5.91 Å². The number of benzene rings is 1. The average molecular weight is 286 g/mol. The Morgan fingerprint density at radius 1 is 1.25 bits per heavy atom. The van der Waals surface area contributed by atoms with E-state index in [4.69, 9.17) is 5.73 Å². The standard InChI is InChI=1S/C14H17F3N2O/c15-14(16,17)6-13(20)19-8-11(7-18)12(9-19)10-4-2-1-3-5-10/h1-5,11-12H,6-9,18H2/t11-,12+/m1/s1. The molecule has 2 rings (SSSR count). The van der Waals surface area contributed by atoms with Gasteiger partial charge in [-0.1, -0.05) is 30.3 Å². The van der Waals surface area contributed by atoms with E-state index in [-0.39, 0.29) is 11.8 Å². The third-order valence-corrected chi connectivity index (χ3v) is 3.68. The lowest BCUT2D eigenvalue weighted by molar-refractivity contribution is -0.160. The number of amides is 1. The fraction of sp³-hybridized carbons (Fsp3) is 0.500. The SMILES string of the molecule is NC[C@@H]1CN(C(=O)CC(F)(F)F)C[C@H]1c1ccccc1. The van der Waals surface area contributed by atoms with E-state index >= 15 is 0 Å². The Balaban J connectivity index is 2.08. The van der Waals surface area contributed by atoms with E-state index in [1.807, 2.05) is 30.3 Å². The number of alkyl halides is 3. The van der Waals surface area contributed by atoms with Crippen molar-refractivity contribution in [3.63, 3.8) is 0 Å². The van der Waals surface area contributed by atoms with Gasteiger partial charge in [-0.05, 0) is 18.0 Å². The summed E-state index contributed by atoms with van der Waals surface area (Å²) in [6.45, 7) is 0.959. The van der Waals surface area contributed by atoms with Crippen LogP contribution in [0.4, 0.5) is 13.2 Å². The maximum absolute atomic E-state index is 12.3. The van der Waals surface area contributed by atoms with Crippen LogP contribution in [0.15, 0.2) is 30.3 Å². The van der Waals surface area contributed by atoms with Crippen molar-refractivity contribution in [3.05, 3.63) is 35.9 Å². The zero-order chi connectivity index (χ0) is 14.8. The van der Waals surface area contributed by atoms with Crippen molar-refractivity contribution in [1.82, 2.24) is 4.90 Å². The van der Waals surface area contributed by atoms with Crippen LogP contribution >= 0.6 is 0 Å². The Kier molecular flexibility index (Phi) is 4.32. The number of nitrogens with two attached hydrogens (primary N) is 1. The minimum atomic E-state index is -4.46. The summed E-state index contributed by atoms with van der Waals surface area (Å²) in [6.07, 6.45) is -5.86. The lowest BCUT2D eigenvalue weighted by Gasteiger charge is -2.17. The largest absolute Gasteiger partial charge is 0.397 e. The molecule has 0 saturated carbocycles. The van der Waals surface area contributed by atoms with Gasteiger partial charge in [0.05, 0.1) is 0 Å². The van der Waals surface area contributed by atoms with Crippen molar-refractivity contribution in [2.75, 3.05) is 19.6 Å². The van der Waals surface area contributed by atoms with E-state index in [1.165, 1.54) is 4.90 Å². The second-order valence-corrected chi connectivity index (χ2v) is 5.10. The number of hydrogen-bond donors (Lipinski definition) is 1. The van der Waals surface area contributed by atoms with Crippen molar-refractivity contribution in [2.45, 2.75) is 18.5 Å². The number of halogens is 3. The predicted molar refractivity (Wildman–Crippen MR) is 69.0 cm³/mol. The molecule has 2 N–H and O–H groups in total. The molecule has 20 heavy (non-hydrogen) atoms. The fourth-order valence-electron chi connectivity index (χ4n) is 2.67. The summed E-state index contributed by atoms with van der Waals surface area (Å²) in [5.74, 6) is -0.845. The van der Waals surface area contributed by atoms with Crippen LogP contribution in [0.1, 0.15) is 17.9 Å². The van der Waals surface area contributed by atoms with E-state index < -0.39 is 18.5 Å². The highest BCUT2D eigenvalue weighted by atomic mass is 19.4. The Morgan fingerprint density at radius 2 is 1.90 bits per heavy atom. The van der Waals surface area contributed by atoms with Gasteiger partial charge in [0.25, 0.3) is 0 Å². The van der Waals surface area contributed by atoms with Gasteiger partial charge in [-0.15, -0.1) is 0 Å². The van der Waals surface area contributed by atoms with Gasteiger partial charge in [-0.3, -0.25) is 4.79 Å². The van der Waals surface area contributed by atoms with Crippen molar-refractivity contribution < 1.29 is 18.0 Å². The highest BCUT2D eigenvalue weighted by Gasteiger charge is 2.39. The molecule has 0 aliphatic carbocycles. The summed E-state index contributed by atoms with van der Waals surface area (Å²) in [5, 5.41) is 0. The zero-order valence-corrected chi connectivity index (χ0v) is 10.9. The molecule has 0 bridgehead atoms. The molecule has 1 fully saturated rings. The molecule has 6 heteroatoms. The van der Waals surface area contributed by atoms with Crippen LogP contribution < -0.4 is 5.73 Å². The lowest BCUT2D eigenvalue weighted by atomic mass is 9.89. The van der Waals surface area contributed by atoms with E-state index in [9.17, 15) is 18.0 Å². The van der Waals surface area contributed by atoms with Crippen LogP contribution in [0.2, 0.25) is 0 Å². The first-order valence-electron chi connectivity index (χ1n) is 6.50. The molecular formula is C14H17F3N2O. The van der Waals surface area contributed by atoms with E-state index in [0.717, 1.165) is 5.56 Å². The van der Waals surface area contributed by atoms with Gasteiger partial charge in [0.1, 0.15) is 6.42 Å². The molecule has 2 atom stereocenters. The molecule has 1 aromatic carbocycles. The Labute approximate surface area is 115 Å². The molecule has 1 aliphatic rings. The van der Waals surface area contributed by atoms with E-state index in [1.54, 1.807) is 0 Å². The topological polar surface area (TPSA) is 46.3 Å². The molecule has 0 radical (unpaired) electrons. The summed E-state index contributed by atoms with van der Waals surface area (Å²) < 4.78 is 36.9. The maximum atomic E-state index is 12.3. The number of nitrogens with zero attached hydrogens (tertiary/aromatic N) is 1. The van der Waals surface area contributed by atoms with Crippen molar-refractivity contribution >= 4 is 5.91 Å². The second-order valence-electron chi connectivity index (χ2n) is 5.10. The number of carbonyl (C=O) groups is 1.